The van der Waals surface area contributed by atoms with Crippen LogP contribution in [-0.2, 0) is 9.53 Å². The fraction of sp³-hybridized carbons (Fsp3) is 0.917. The first-order valence-corrected chi connectivity index (χ1v) is 5.98. The van der Waals surface area contributed by atoms with Crippen LogP contribution in [0.5, 0.6) is 0 Å². The molecule has 1 saturated heterocycles. The Morgan fingerprint density at radius 3 is 2.62 bits per heavy atom. The Kier molecular flexibility index (Phi) is 4.33. The zero-order chi connectivity index (χ0) is 12.3. The van der Waals surface area contributed by atoms with Gasteiger partial charge in [-0.1, -0.05) is 13.8 Å². The summed E-state index contributed by atoms with van der Waals surface area (Å²) >= 11 is 0. The van der Waals surface area contributed by atoms with Crippen molar-refractivity contribution in [1.29, 1.82) is 0 Å². The van der Waals surface area contributed by atoms with E-state index in [1.165, 1.54) is 0 Å². The summed E-state index contributed by atoms with van der Waals surface area (Å²) in [6.07, 6.45) is 0.432. The van der Waals surface area contributed by atoms with Crippen molar-refractivity contribution in [3.8, 4) is 0 Å². The predicted molar refractivity (Wildman–Crippen MR) is 64.0 cm³/mol. The first-order valence-electron chi connectivity index (χ1n) is 5.98. The van der Waals surface area contributed by atoms with E-state index < -0.39 is 0 Å². The summed E-state index contributed by atoms with van der Waals surface area (Å²) in [4.78, 5) is 14.0. The summed E-state index contributed by atoms with van der Waals surface area (Å²) < 4.78 is 5.39. The lowest BCUT2D eigenvalue weighted by molar-refractivity contribution is -0.146. The topological polar surface area (TPSA) is 55.6 Å². The second-order valence-electron chi connectivity index (χ2n) is 5.52. The van der Waals surface area contributed by atoms with Gasteiger partial charge in [0, 0.05) is 19.0 Å². The highest BCUT2D eigenvalue weighted by Gasteiger charge is 2.34. The molecular weight excluding hydrogens is 204 g/mol. The maximum atomic E-state index is 12.1. The third kappa shape index (κ3) is 3.19. The minimum atomic E-state index is -0.202. The zero-order valence-electron chi connectivity index (χ0n) is 10.8. The summed E-state index contributed by atoms with van der Waals surface area (Å²) in [5, 5.41) is 0. The van der Waals surface area contributed by atoms with E-state index in [4.69, 9.17) is 10.5 Å². The first-order chi connectivity index (χ1) is 7.34. The van der Waals surface area contributed by atoms with E-state index in [1.54, 1.807) is 0 Å². The molecule has 0 aromatic carbocycles. The smallest absolute Gasteiger partial charge is 0.224 e. The van der Waals surface area contributed by atoms with Gasteiger partial charge in [0.05, 0.1) is 18.8 Å². The first kappa shape index (κ1) is 13.5. The Balaban J connectivity index is 2.58. The van der Waals surface area contributed by atoms with Gasteiger partial charge in [0.2, 0.25) is 5.91 Å². The van der Waals surface area contributed by atoms with Gasteiger partial charge in [0.15, 0.2) is 0 Å². The zero-order valence-corrected chi connectivity index (χ0v) is 10.8. The van der Waals surface area contributed by atoms with Gasteiger partial charge in [-0.3, -0.25) is 4.79 Å². The van der Waals surface area contributed by atoms with Crippen LogP contribution in [0.1, 0.15) is 34.1 Å². The molecule has 1 amide bonds. The Morgan fingerprint density at radius 1 is 1.50 bits per heavy atom. The third-order valence-corrected chi connectivity index (χ3v) is 3.21. The second-order valence-corrected chi connectivity index (χ2v) is 5.52. The summed E-state index contributed by atoms with van der Waals surface area (Å²) in [6.45, 7) is 10.1. The molecule has 4 nitrogen and oxygen atoms in total. The molecule has 0 radical (unpaired) electrons. The predicted octanol–water partition coefficient (Wildman–Crippen LogP) is 0.997. The SMILES string of the molecule is CC(C)C(N)CC(=O)N1CCOCC1(C)C. The highest BCUT2D eigenvalue weighted by atomic mass is 16.5. The monoisotopic (exact) mass is 228 g/mol. The molecule has 0 spiro atoms. The van der Waals surface area contributed by atoms with Crippen LogP contribution in [0.4, 0.5) is 0 Å². The molecule has 1 aliphatic rings. The van der Waals surface area contributed by atoms with Gasteiger partial charge in [0.25, 0.3) is 0 Å². The summed E-state index contributed by atoms with van der Waals surface area (Å²) in [6, 6.07) is -0.0499. The quantitative estimate of drug-likeness (QED) is 0.784. The lowest BCUT2D eigenvalue weighted by atomic mass is 9.98. The number of carbonyl (C=O) groups is 1. The average Bonchev–Trinajstić information content (AvgIpc) is 2.16. The van der Waals surface area contributed by atoms with E-state index in [9.17, 15) is 4.79 Å². The number of carbonyl (C=O) groups excluding carboxylic acids is 1. The minimum absolute atomic E-state index is 0.0499. The van der Waals surface area contributed by atoms with Crippen LogP contribution in [0.2, 0.25) is 0 Å². The van der Waals surface area contributed by atoms with Gasteiger partial charge in [-0.15, -0.1) is 0 Å². The average molecular weight is 228 g/mol. The van der Waals surface area contributed by atoms with Gasteiger partial charge in [-0.2, -0.15) is 0 Å². The normalized spacial score (nSPS) is 22.2. The Morgan fingerprint density at radius 2 is 2.12 bits per heavy atom. The van der Waals surface area contributed by atoms with Crippen molar-refractivity contribution in [3.63, 3.8) is 0 Å². The van der Waals surface area contributed by atoms with Gasteiger partial charge < -0.3 is 15.4 Å². The van der Waals surface area contributed by atoms with Crippen LogP contribution in [0, 0.1) is 5.92 Å². The molecule has 0 saturated carbocycles. The van der Waals surface area contributed by atoms with E-state index >= 15 is 0 Å². The van der Waals surface area contributed by atoms with E-state index in [0.29, 0.717) is 32.1 Å². The van der Waals surface area contributed by atoms with Crippen molar-refractivity contribution in [1.82, 2.24) is 4.90 Å². The lowest BCUT2D eigenvalue weighted by Crippen LogP contribution is -2.56. The van der Waals surface area contributed by atoms with Crippen LogP contribution in [-0.4, -0.2) is 42.1 Å². The number of morpholine rings is 1. The van der Waals surface area contributed by atoms with Gasteiger partial charge in [-0.25, -0.2) is 0 Å². The Hall–Kier alpha value is -0.610. The van der Waals surface area contributed by atoms with E-state index in [-0.39, 0.29) is 17.5 Å². The number of nitrogens with zero attached hydrogens (tertiary/aromatic N) is 1. The Labute approximate surface area is 98.1 Å². The standard InChI is InChI=1S/C12H24N2O2/c1-9(2)10(13)7-11(15)14-5-6-16-8-12(14,3)4/h9-10H,5-8,13H2,1-4H3. The number of nitrogens with two attached hydrogens (primary N) is 1. The molecule has 0 aromatic rings. The molecule has 4 heteroatoms. The largest absolute Gasteiger partial charge is 0.377 e. The van der Waals surface area contributed by atoms with Crippen molar-refractivity contribution < 1.29 is 9.53 Å². The molecule has 0 aliphatic carbocycles. The lowest BCUT2D eigenvalue weighted by Gasteiger charge is -2.42. The van der Waals surface area contributed by atoms with Crippen molar-refractivity contribution in [2.24, 2.45) is 11.7 Å². The molecule has 1 rings (SSSR count). The van der Waals surface area contributed by atoms with Gasteiger partial charge in [0.1, 0.15) is 0 Å². The molecule has 1 atom stereocenters. The molecule has 1 aliphatic heterocycles. The number of hydrogen-bond acceptors (Lipinski definition) is 3. The van der Waals surface area contributed by atoms with Crippen LogP contribution < -0.4 is 5.73 Å². The molecule has 0 bridgehead atoms. The van der Waals surface area contributed by atoms with E-state index in [2.05, 4.69) is 0 Å². The van der Waals surface area contributed by atoms with E-state index in [0.717, 1.165) is 0 Å². The maximum absolute atomic E-state index is 12.1. The maximum Gasteiger partial charge on any atom is 0.224 e. The highest BCUT2D eigenvalue weighted by molar-refractivity contribution is 5.77. The summed E-state index contributed by atoms with van der Waals surface area (Å²) in [5.74, 6) is 0.489. The Bertz CT molecular complexity index is 251. The number of ether oxygens (including phenoxy) is 1. The van der Waals surface area contributed by atoms with Crippen LogP contribution >= 0.6 is 0 Å². The molecule has 1 unspecified atom stereocenters. The molecule has 1 heterocycles. The van der Waals surface area contributed by atoms with Crippen molar-refractivity contribution >= 4 is 5.91 Å². The summed E-state index contributed by atoms with van der Waals surface area (Å²) in [7, 11) is 0. The van der Waals surface area contributed by atoms with Crippen molar-refractivity contribution in [3.05, 3.63) is 0 Å². The fourth-order valence-electron chi connectivity index (χ4n) is 1.87. The molecule has 2 N–H and O–H groups in total. The van der Waals surface area contributed by atoms with Gasteiger partial charge in [-0.05, 0) is 19.8 Å². The fourth-order valence-corrected chi connectivity index (χ4v) is 1.87. The molecule has 16 heavy (non-hydrogen) atoms. The number of hydrogen-bond donors (Lipinski definition) is 1. The molecule has 1 fully saturated rings. The molecular formula is C12H24N2O2. The summed E-state index contributed by atoms with van der Waals surface area (Å²) in [5.41, 5.74) is 5.73. The van der Waals surface area contributed by atoms with Crippen molar-refractivity contribution in [2.75, 3.05) is 19.8 Å². The van der Waals surface area contributed by atoms with Crippen LogP contribution in [0.15, 0.2) is 0 Å². The number of amides is 1. The van der Waals surface area contributed by atoms with E-state index in [1.807, 2.05) is 32.6 Å². The van der Waals surface area contributed by atoms with Crippen molar-refractivity contribution in [2.45, 2.75) is 45.7 Å². The van der Waals surface area contributed by atoms with Crippen LogP contribution in [0.3, 0.4) is 0 Å². The minimum Gasteiger partial charge on any atom is -0.377 e. The molecule has 0 aromatic heterocycles. The third-order valence-electron chi connectivity index (χ3n) is 3.21. The second kappa shape index (κ2) is 5.15. The number of rotatable bonds is 3. The van der Waals surface area contributed by atoms with Gasteiger partial charge >= 0.3 is 0 Å². The van der Waals surface area contributed by atoms with Crippen LogP contribution in [0.25, 0.3) is 0 Å². The highest BCUT2D eigenvalue weighted by Crippen LogP contribution is 2.20. The molecule has 94 valence electrons.